The summed E-state index contributed by atoms with van der Waals surface area (Å²) in [7, 11) is 3.47. The number of benzene rings is 1. The first-order valence-corrected chi connectivity index (χ1v) is 7.53. The molecule has 0 aliphatic rings. The zero-order valence-corrected chi connectivity index (χ0v) is 16.4. The summed E-state index contributed by atoms with van der Waals surface area (Å²) in [6.07, 6.45) is 0. The van der Waals surface area contributed by atoms with Gasteiger partial charge in [-0.25, -0.2) is 0 Å². The minimum Gasteiger partial charge on any atom is -0.497 e. The van der Waals surface area contributed by atoms with Crippen LogP contribution in [0, 0.1) is 0 Å². The van der Waals surface area contributed by atoms with E-state index in [1.807, 2.05) is 18.2 Å². The van der Waals surface area contributed by atoms with Gasteiger partial charge in [-0.3, -0.25) is 4.99 Å². The van der Waals surface area contributed by atoms with E-state index < -0.39 is 0 Å². The van der Waals surface area contributed by atoms with Crippen LogP contribution in [0.3, 0.4) is 0 Å². The third-order valence-electron chi connectivity index (χ3n) is 3.43. The molecule has 22 heavy (non-hydrogen) atoms. The molecule has 0 radical (unpaired) electrons. The molecule has 0 aliphatic carbocycles. The van der Waals surface area contributed by atoms with Crippen LogP contribution in [0.15, 0.2) is 29.3 Å². The number of hydrogen-bond donors (Lipinski definition) is 2. The highest BCUT2D eigenvalue weighted by Gasteiger charge is 2.01. The number of aliphatic imine (C=N–C) groups is 1. The van der Waals surface area contributed by atoms with Crippen LogP contribution < -0.4 is 15.4 Å². The Bertz CT molecular complexity index is 436. The summed E-state index contributed by atoms with van der Waals surface area (Å²) >= 11 is 0. The molecule has 1 aromatic rings. The number of nitrogens with zero attached hydrogens (tertiary/aromatic N) is 2. The maximum atomic E-state index is 5.22. The quantitative estimate of drug-likeness (QED) is 0.385. The number of methoxy groups -OCH3 is 1. The third-order valence-corrected chi connectivity index (χ3v) is 3.43. The maximum absolute atomic E-state index is 5.22. The molecule has 0 aliphatic heterocycles. The van der Waals surface area contributed by atoms with Crippen molar-refractivity contribution in [2.45, 2.75) is 20.4 Å². The Kier molecular flexibility index (Phi) is 11.9. The highest BCUT2D eigenvalue weighted by molar-refractivity contribution is 14.0. The summed E-state index contributed by atoms with van der Waals surface area (Å²) in [4.78, 5) is 6.62. The molecular weight excluding hydrogens is 391 g/mol. The van der Waals surface area contributed by atoms with Crippen LogP contribution in [0.4, 0.5) is 0 Å². The molecule has 0 spiro atoms. The van der Waals surface area contributed by atoms with Crippen LogP contribution in [-0.4, -0.2) is 51.2 Å². The molecule has 1 rings (SSSR count). The van der Waals surface area contributed by atoms with Crippen molar-refractivity contribution in [1.29, 1.82) is 0 Å². The first kappa shape index (κ1) is 21.0. The summed E-state index contributed by atoms with van der Waals surface area (Å²) in [5.74, 6) is 1.70. The lowest BCUT2D eigenvalue weighted by atomic mass is 10.2. The molecule has 0 amide bonds. The summed E-state index contributed by atoms with van der Waals surface area (Å²) in [6, 6.07) is 8.03. The van der Waals surface area contributed by atoms with Crippen molar-refractivity contribution < 1.29 is 4.74 Å². The van der Waals surface area contributed by atoms with Crippen molar-refractivity contribution >= 4 is 29.9 Å². The third kappa shape index (κ3) is 7.84. The van der Waals surface area contributed by atoms with E-state index >= 15 is 0 Å². The van der Waals surface area contributed by atoms with Gasteiger partial charge in [0.1, 0.15) is 5.75 Å². The molecule has 0 fully saturated rings. The number of guanidine groups is 1. The molecule has 0 heterocycles. The van der Waals surface area contributed by atoms with Crippen LogP contribution in [-0.2, 0) is 6.54 Å². The van der Waals surface area contributed by atoms with Gasteiger partial charge in [0.25, 0.3) is 0 Å². The summed E-state index contributed by atoms with van der Waals surface area (Å²) in [5, 5.41) is 6.64. The largest absolute Gasteiger partial charge is 0.497 e. The highest BCUT2D eigenvalue weighted by atomic mass is 127. The van der Waals surface area contributed by atoms with E-state index in [0.717, 1.165) is 44.4 Å². The average Bonchev–Trinajstić information content (AvgIpc) is 2.54. The molecule has 0 unspecified atom stereocenters. The lowest BCUT2D eigenvalue weighted by molar-refractivity contribution is 0.308. The van der Waals surface area contributed by atoms with Gasteiger partial charge in [0.15, 0.2) is 5.96 Å². The van der Waals surface area contributed by atoms with Crippen molar-refractivity contribution in [3.8, 4) is 5.75 Å². The van der Waals surface area contributed by atoms with E-state index in [4.69, 9.17) is 4.74 Å². The Morgan fingerprint density at radius 1 is 1.23 bits per heavy atom. The molecule has 6 heteroatoms. The van der Waals surface area contributed by atoms with E-state index in [-0.39, 0.29) is 24.0 Å². The van der Waals surface area contributed by atoms with Gasteiger partial charge in [-0.2, -0.15) is 0 Å². The number of halogens is 1. The Labute approximate surface area is 151 Å². The molecule has 1 aromatic carbocycles. The Balaban J connectivity index is 0.00000441. The average molecular weight is 420 g/mol. The molecule has 0 atom stereocenters. The van der Waals surface area contributed by atoms with Crippen LogP contribution in [0.5, 0.6) is 5.75 Å². The van der Waals surface area contributed by atoms with Gasteiger partial charge in [-0.1, -0.05) is 26.0 Å². The second-order valence-corrected chi connectivity index (χ2v) is 4.73. The van der Waals surface area contributed by atoms with E-state index in [2.05, 4.69) is 40.4 Å². The van der Waals surface area contributed by atoms with E-state index in [0.29, 0.717) is 0 Å². The van der Waals surface area contributed by atoms with Gasteiger partial charge < -0.3 is 20.3 Å². The minimum atomic E-state index is 0. The molecule has 2 N–H and O–H groups in total. The van der Waals surface area contributed by atoms with Gasteiger partial charge in [0.05, 0.1) is 7.11 Å². The second kappa shape index (κ2) is 12.5. The van der Waals surface area contributed by atoms with Crippen molar-refractivity contribution in [3.05, 3.63) is 29.8 Å². The minimum absolute atomic E-state index is 0. The van der Waals surface area contributed by atoms with Gasteiger partial charge in [-0.15, -0.1) is 24.0 Å². The second-order valence-electron chi connectivity index (χ2n) is 4.73. The van der Waals surface area contributed by atoms with Crippen molar-refractivity contribution in [1.82, 2.24) is 15.5 Å². The van der Waals surface area contributed by atoms with Gasteiger partial charge in [0, 0.05) is 26.7 Å². The molecular formula is C16H29IN4O. The van der Waals surface area contributed by atoms with Gasteiger partial charge in [-0.05, 0) is 30.8 Å². The topological polar surface area (TPSA) is 48.9 Å². The molecule has 5 nitrogen and oxygen atoms in total. The summed E-state index contributed by atoms with van der Waals surface area (Å²) in [5.41, 5.74) is 1.17. The van der Waals surface area contributed by atoms with Crippen molar-refractivity contribution in [2.24, 2.45) is 4.99 Å². The molecule has 126 valence electrons. The number of rotatable bonds is 8. The molecule has 0 bridgehead atoms. The fourth-order valence-electron chi connectivity index (χ4n) is 2.06. The molecule has 0 aromatic heterocycles. The first-order valence-electron chi connectivity index (χ1n) is 7.53. The lowest BCUT2D eigenvalue weighted by Gasteiger charge is -2.19. The van der Waals surface area contributed by atoms with Crippen molar-refractivity contribution in [3.63, 3.8) is 0 Å². The Morgan fingerprint density at radius 3 is 2.55 bits per heavy atom. The van der Waals surface area contributed by atoms with E-state index in [1.165, 1.54) is 5.56 Å². The number of nitrogens with one attached hydrogen (secondary N) is 2. The van der Waals surface area contributed by atoms with Gasteiger partial charge in [0.2, 0.25) is 0 Å². The van der Waals surface area contributed by atoms with Crippen LogP contribution in [0.1, 0.15) is 19.4 Å². The summed E-state index contributed by atoms with van der Waals surface area (Å²) in [6.45, 7) is 9.15. The number of ether oxygens (including phenoxy) is 1. The normalized spacial score (nSPS) is 11.0. The van der Waals surface area contributed by atoms with Crippen LogP contribution in [0.25, 0.3) is 0 Å². The molecule has 0 saturated carbocycles. The standard InChI is InChI=1S/C16H28N4O.HI/c1-5-20(6-2)11-10-18-16(17-3)19-13-14-8-7-9-15(12-14)21-4;/h7-9,12H,5-6,10-11,13H2,1-4H3,(H2,17,18,19);1H. The van der Waals surface area contributed by atoms with E-state index in [1.54, 1.807) is 14.2 Å². The van der Waals surface area contributed by atoms with E-state index in [9.17, 15) is 0 Å². The Hall–Kier alpha value is -1.02. The molecule has 0 saturated heterocycles. The monoisotopic (exact) mass is 420 g/mol. The fourth-order valence-corrected chi connectivity index (χ4v) is 2.06. The first-order chi connectivity index (χ1) is 10.2. The SMILES string of the molecule is CCN(CC)CCNC(=NC)NCc1cccc(OC)c1.I. The van der Waals surface area contributed by atoms with Crippen LogP contribution in [0.2, 0.25) is 0 Å². The number of likely N-dealkylation sites (N-methyl/N-ethyl adjacent to an activating group) is 1. The zero-order chi connectivity index (χ0) is 15.5. The van der Waals surface area contributed by atoms with Crippen molar-refractivity contribution in [2.75, 3.05) is 40.3 Å². The highest BCUT2D eigenvalue weighted by Crippen LogP contribution is 2.11. The van der Waals surface area contributed by atoms with Crippen LogP contribution >= 0.6 is 24.0 Å². The summed E-state index contributed by atoms with van der Waals surface area (Å²) < 4.78 is 5.22. The number of hydrogen-bond acceptors (Lipinski definition) is 3. The predicted octanol–water partition coefficient (Wildman–Crippen LogP) is 2.32. The lowest BCUT2D eigenvalue weighted by Crippen LogP contribution is -2.41. The Morgan fingerprint density at radius 2 is 1.95 bits per heavy atom. The fraction of sp³-hybridized carbons (Fsp3) is 0.562. The maximum Gasteiger partial charge on any atom is 0.191 e. The smallest absolute Gasteiger partial charge is 0.191 e. The zero-order valence-electron chi connectivity index (χ0n) is 14.1. The van der Waals surface area contributed by atoms with Gasteiger partial charge >= 0.3 is 0 Å². The predicted molar refractivity (Wildman–Crippen MR) is 104 cm³/mol.